The number of hydrogen-bond donors (Lipinski definition) is 1. The van der Waals surface area contributed by atoms with Gasteiger partial charge in [-0.2, -0.15) is 0 Å². The van der Waals surface area contributed by atoms with E-state index in [2.05, 4.69) is 11.0 Å². The Bertz CT molecular complexity index is 510. The van der Waals surface area contributed by atoms with Crippen LogP contribution in [0.15, 0.2) is 48.5 Å². The highest BCUT2D eigenvalue weighted by Gasteiger charge is 2.02. The largest absolute Gasteiger partial charge is 0.392 e. The lowest BCUT2D eigenvalue weighted by atomic mass is 10.2. The molecule has 2 nitrogen and oxygen atoms in total. The van der Waals surface area contributed by atoms with Gasteiger partial charge in [0.2, 0.25) is 0 Å². The second-order valence-electron chi connectivity index (χ2n) is 4.31. The third kappa shape index (κ3) is 3.25. The van der Waals surface area contributed by atoms with Gasteiger partial charge < -0.3 is 10.0 Å². The van der Waals surface area contributed by atoms with E-state index < -0.39 is 0 Å². The molecule has 0 fully saturated rings. The van der Waals surface area contributed by atoms with Gasteiger partial charge >= 0.3 is 0 Å². The van der Waals surface area contributed by atoms with Crippen LogP contribution in [-0.2, 0) is 13.2 Å². The van der Waals surface area contributed by atoms with Crippen LogP contribution in [0.1, 0.15) is 11.1 Å². The summed E-state index contributed by atoms with van der Waals surface area (Å²) in [5.41, 5.74) is 3.22. The maximum atomic E-state index is 9.00. The van der Waals surface area contributed by atoms with Crippen LogP contribution in [0.2, 0.25) is 5.02 Å². The van der Waals surface area contributed by atoms with E-state index in [9.17, 15) is 0 Å². The summed E-state index contributed by atoms with van der Waals surface area (Å²) in [6.45, 7) is 0.886. The number of benzene rings is 2. The molecular weight excluding hydrogens is 246 g/mol. The minimum absolute atomic E-state index is 0.0816. The molecule has 0 amide bonds. The van der Waals surface area contributed by atoms with Gasteiger partial charge in [0.1, 0.15) is 0 Å². The summed E-state index contributed by atoms with van der Waals surface area (Å²) in [5, 5.41) is 9.77. The second kappa shape index (κ2) is 5.89. The van der Waals surface area contributed by atoms with Crippen molar-refractivity contribution in [3.63, 3.8) is 0 Å². The van der Waals surface area contributed by atoms with Crippen LogP contribution >= 0.6 is 11.6 Å². The molecule has 0 aromatic heterocycles. The summed E-state index contributed by atoms with van der Waals surface area (Å²) < 4.78 is 0. The van der Waals surface area contributed by atoms with E-state index in [0.29, 0.717) is 0 Å². The summed E-state index contributed by atoms with van der Waals surface area (Å²) in [7, 11) is 2.04. The fraction of sp³-hybridized carbons (Fsp3) is 0.200. The van der Waals surface area contributed by atoms with Crippen molar-refractivity contribution in [1.29, 1.82) is 0 Å². The highest BCUT2D eigenvalue weighted by atomic mass is 35.5. The maximum Gasteiger partial charge on any atom is 0.0681 e. The summed E-state index contributed by atoms with van der Waals surface area (Å²) in [6, 6.07) is 15.8. The number of anilines is 1. The molecule has 0 saturated heterocycles. The first-order chi connectivity index (χ1) is 8.69. The topological polar surface area (TPSA) is 23.5 Å². The van der Waals surface area contributed by atoms with Gasteiger partial charge in [-0.25, -0.2) is 0 Å². The van der Waals surface area contributed by atoms with E-state index in [-0.39, 0.29) is 6.61 Å². The Hall–Kier alpha value is -1.51. The highest BCUT2D eigenvalue weighted by molar-refractivity contribution is 6.30. The molecular formula is C15H16ClNO. The summed E-state index contributed by atoms with van der Waals surface area (Å²) >= 11 is 5.97. The fourth-order valence-electron chi connectivity index (χ4n) is 1.86. The van der Waals surface area contributed by atoms with E-state index in [0.717, 1.165) is 22.8 Å². The maximum absolute atomic E-state index is 9.00. The summed E-state index contributed by atoms with van der Waals surface area (Å²) in [6.07, 6.45) is 0. The van der Waals surface area contributed by atoms with Gasteiger partial charge in [-0.15, -0.1) is 0 Å². The average molecular weight is 262 g/mol. The molecule has 2 aromatic carbocycles. The number of aliphatic hydroxyl groups is 1. The first-order valence-electron chi connectivity index (χ1n) is 5.84. The van der Waals surface area contributed by atoms with Crippen molar-refractivity contribution in [2.45, 2.75) is 13.2 Å². The van der Waals surface area contributed by atoms with Gasteiger partial charge in [-0.1, -0.05) is 35.9 Å². The van der Waals surface area contributed by atoms with E-state index in [1.807, 2.05) is 49.5 Å². The standard InChI is InChI=1S/C15H16ClNO/c1-17(10-13-3-2-4-14(16)9-13)15-7-5-12(11-18)6-8-15/h2-9,18H,10-11H2,1H3. The van der Waals surface area contributed by atoms with Crippen LogP contribution in [0.3, 0.4) is 0 Å². The summed E-state index contributed by atoms with van der Waals surface area (Å²) in [5.74, 6) is 0. The van der Waals surface area contributed by atoms with E-state index >= 15 is 0 Å². The molecule has 0 aliphatic heterocycles. The molecule has 0 heterocycles. The Morgan fingerprint density at radius 1 is 1.06 bits per heavy atom. The molecule has 0 bridgehead atoms. The molecule has 2 rings (SSSR count). The fourth-order valence-corrected chi connectivity index (χ4v) is 2.07. The lowest BCUT2D eigenvalue weighted by Crippen LogP contribution is -2.16. The van der Waals surface area contributed by atoms with Crippen molar-refractivity contribution in [2.75, 3.05) is 11.9 Å². The van der Waals surface area contributed by atoms with Crippen molar-refractivity contribution in [2.24, 2.45) is 0 Å². The van der Waals surface area contributed by atoms with Gasteiger partial charge in [0, 0.05) is 24.3 Å². The van der Waals surface area contributed by atoms with Gasteiger partial charge in [0.25, 0.3) is 0 Å². The third-order valence-corrected chi connectivity index (χ3v) is 3.10. The van der Waals surface area contributed by atoms with Crippen molar-refractivity contribution in [3.05, 3.63) is 64.7 Å². The lowest BCUT2D eigenvalue weighted by Gasteiger charge is -2.19. The van der Waals surface area contributed by atoms with Gasteiger partial charge in [0.15, 0.2) is 0 Å². The molecule has 0 aliphatic carbocycles. The molecule has 0 unspecified atom stereocenters. The number of halogens is 1. The molecule has 0 spiro atoms. The molecule has 18 heavy (non-hydrogen) atoms. The Morgan fingerprint density at radius 2 is 1.78 bits per heavy atom. The van der Waals surface area contributed by atoms with Crippen molar-refractivity contribution in [3.8, 4) is 0 Å². The number of hydrogen-bond acceptors (Lipinski definition) is 2. The first kappa shape index (κ1) is 12.9. The molecule has 3 heteroatoms. The number of rotatable bonds is 4. The molecule has 0 aliphatic rings. The SMILES string of the molecule is CN(Cc1cccc(Cl)c1)c1ccc(CO)cc1. The Morgan fingerprint density at radius 3 is 2.39 bits per heavy atom. The van der Waals surface area contributed by atoms with Gasteiger partial charge in [-0.05, 0) is 35.4 Å². The minimum Gasteiger partial charge on any atom is -0.392 e. The second-order valence-corrected chi connectivity index (χ2v) is 4.75. The molecule has 0 radical (unpaired) electrons. The van der Waals surface area contributed by atoms with E-state index in [1.54, 1.807) is 0 Å². The normalized spacial score (nSPS) is 10.4. The molecule has 0 saturated carbocycles. The minimum atomic E-state index is 0.0816. The number of nitrogens with zero attached hydrogens (tertiary/aromatic N) is 1. The van der Waals surface area contributed by atoms with Crippen molar-refractivity contribution >= 4 is 17.3 Å². The monoisotopic (exact) mass is 261 g/mol. The Labute approximate surface area is 112 Å². The van der Waals surface area contributed by atoms with Crippen LogP contribution in [0.5, 0.6) is 0 Å². The Kier molecular flexibility index (Phi) is 4.24. The van der Waals surface area contributed by atoms with Crippen LogP contribution in [0, 0.1) is 0 Å². The Balaban J connectivity index is 2.09. The van der Waals surface area contributed by atoms with Crippen LogP contribution in [-0.4, -0.2) is 12.2 Å². The molecule has 0 atom stereocenters. The smallest absolute Gasteiger partial charge is 0.0681 e. The van der Waals surface area contributed by atoms with Crippen molar-refractivity contribution in [1.82, 2.24) is 0 Å². The average Bonchev–Trinajstić information content (AvgIpc) is 2.39. The van der Waals surface area contributed by atoms with E-state index in [1.165, 1.54) is 5.56 Å². The quantitative estimate of drug-likeness (QED) is 0.911. The highest BCUT2D eigenvalue weighted by Crippen LogP contribution is 2.18. The number of aliphatic hydroxyl groups excluding tert-OH is 1. The zero-order valence-corrected chi connectivity index (χ0v) is 11.1. The predicted octanol–water partition coefficient (Wildman–Crippen LogP) is 3.47. The molecule has 2 aromatic rings. The van der Waals surface area contributed by atoms with E-state index in [4.69, 9.17) is 16.7 Å². The van der Waals surface area contributed by atoms with Crippen LogP contribution < -0.4 is 4.90 Å². The molecule has 94 valence electrons. The van der Waals surface area contributed by atoms with Gasteiger partial charge in [0.05, 0.1) is 6.61 Å². The summed E-state index contributed by atoms with van der Waals surface area (Å²) in [4.78, 5) is 2.15. The van der Waals surface area contributed by atoms with Gasteiger partial charge in [-0.3, -0.25) is 0 Å². The third-order valence-electron chi connectivity index (χ3n) is 2.87. The first-order valence-corrected chi connectivity index (χ1v) is 6.22. The van der Waals surface area contributed by atoms with Crippen LogP contribution in [0.25, 0.3) is 0 Å². The zero-order chi connectivity index (χ0) is 13.0. The lowest BCUT2D eigenvalue weighted by molar-refractivity contribution is 0.282. The molecule has 1 N–H and O–H groups in total. The van der Waals surface area contributed by atoms with Crippen molar-refractivity contribution < 1.29 is 5.11 Å². The zero-order valence-electron chi connectivity index (χ0n) is 10.3. The van der Waals surface area contributed by atoms with Crippen LogP contribution in [0.4, 0.5) is 5.69 Å². The predicted molar refractivity (Wildman–Crippen MR) is 75.9 cm³/mol.